The molecule has 1 aliphatic heterocycles. The Balaban J connectivity index is 1.65. The summed E-state index contributed by atoms with van der Waals surface area (Å²) in [6.45, 7) is 3.82. The number of urea groups is 1. The number of amides is 2. The van der Waals surface area contributed by atoms with E-state index in [1.807, 2.05) is 64.8 Å². The first kappa shape index (κ1) is 23.3. The molecule has 36 heavy (non-hydrogen) atoms. The molecule has 2 aromatic heterocycles. The first-order valence-electron chi connectivity index (χ1n) is 11.7. The SMILES string of the molecule is CCOC(=O)CNC(=O)N1Cc2c(C)nn(-c3ccccc3)c2-n2cccc2[C@H]1c1ccc(F)cc1. The van der Waals surface area contributed by atoms with E-state index in [1.54, 1.807) is 24.0 Å². The Hall–Kier alpha value is -4.40. The predicted octanol–water partition coefficient (Wildman–Crippen LogP) is 4.29. The Kier molecular flexibility index (Phi) is 6.28. The lowest BCUT2D eigenvalue weighted by molar-refractivity contribution is -0.141. The van der Waals surface area contributed by atoms with Crippen molar-refractivity contribution in [2.24, 2.45) is 0 Å². The minimum atomic E-state index is -0.543. The zero-order valence-corrected chi connectivity index (χ0v) is 20.0. The van der Waals surface area contributed by atoms with Crippen LogP contribution >= 0.6 is 0 Å². The third-order valence-electron chi connectivity index (χ3n) is 6.22. The molecule has 0 aliphatic carbocycles. The van der Waals surface area contributed by atoms with Crippen LogP contribution in [0.2, 0.25) is 0 Å². The van der Waals surface area contributed by atoms with Gasteiger partial charge in [0, 0.05) is 11.8 Å². The number of halogens is 1. The standard InChI is InChI=1S/C27H26FN5O3/c1-3-36-24(34)16-29-27(35)32-17-22-18(2)30-33(21-8-5-4-6-9-21)26(22)31-15-7-10-23(31)25(32)19-11-13-20(28)14-12-19/h4-15,25H,3,16-17H2,1-2H3,(H,29,35)/t25-/m1/s1. The Bertz CT molecular complexity index is 1390. The van der Waals surface area contributed by atoms with Crippen molar-refractivity contribution in [2.45, 2.75) is 26.4 Å². The number of fused-ring (bicyclic) bond motifs is 3. The highest BCUT2D eigenvalue weighted by Gasteiger charge is 2.36. The highest BCUT2D eigenvalue weighted by molar-refractivity contribution is 5.81. The van der Waals surface area contributed by atoms with Crippen LogP contribution < -0.4 is 5.32 Å². The summed E-state index contributed by atoms with van der Waals surface area (Å²) in [4.78, 5) is 27.1. The molecule has 0 bridgehead atoms. The molecular formula is C27H26FN5O3. The number of benzene rings is 2. The highest BCUT2D eigenvalue weighted by atomic mass is 19.1. The monoisotopic (exact) mass is 487 g/mol. The molecule has 3 heterocycles. The molecule has 0 fully saturated rings. The van der Waals surface area contributed by atoms with E-state index in [-0.39, 0.29) is 25.5 Å². The van der Waals surface area contributed by atoms with Crippen molar-refractivity contribution in [3.63, 3.8) is 0 Å². The molecule has 0 unspecified atom stereocenters. The van der Waals surface area contributed by atoms with E-state index in [2.05, 4.69) is 5.32 Å². The minimum absolute atomic E-state index is 0.228. The summed E-state index contributed by atoms with van der Waals surface area (Å²) in [7, 11) is 0. The van der Waals surface area contributed by atoms with Crippen molar-refractivity contribution in [3.8, 4) is 11.5 Å². The van der Waals surface area contributed by atoms with Gasteiger partial charge in [-0.05, 0) is 55.8 Å². The summed E-state index contributed by atoms with van der Waals surface area (Å²) in [5, 5.41) is 7.49. The molecule has 2 amide bonds. The fourth-order valence-corrected chi connectivity index (χ4v) is 4.61. The van der Waals surface area contributed by atoms with Gasteiger partial charge >= 0.3 is 12.0 Å². The van der Waals surface area contributed by atoms with Crippen molar-refractivity contribution >= 4 is 12.0 Å². The Labute approximate surface area is 207 Å². The zero-order valence-electron chi connectivity index (χ0n) is 20.0. The van der Waals surface area contributed by atoms with Gasteiger partial charge in [0.15, 0.2) is 0 Å². The van der Waals surface area contributed by atoms with E-state index in [4.69, 9.17) is 9.84 Å². The van der Waals surface area contributed by atoms with Gasteiger partial charge in [0.05, 0.1) is 36.3 Å². The smallest absolute Gasteiger partial charge is 0.325 e. The fraction of sp³-hybridized carbons (Fsp3) is 0.222. The maximum atomic E-state index is 13.8. The van der Waals surface area contributed by atoms with Gasteiger partial charge < -0.3 is 19.5 Å². The van der Waals surface area contributed by atoms with Crippen LogP contribution in [0.15, 0.2) is 72.9 Å². The first-order valence-corrected chi connectivity index (χ1v) is 11.7. The molecule has 1 aliphatic rings. The predicted molar refractivity (Wildman–Crippen MR) is 131 cm³/mol. The van der Waals surface area contributed by atoms with Crippen LogP contribution in [0.1, 0.15) is 35.5 Å². The lowest BCUT2D eigenvalue weighted by Gasteiger charge is -2.31. The summed E-state index contributed by atoms with van der Waals surface area (Å²) in [6.07, 6.45) is 1.94. The summed E-state index contributed by atoms with van der Waals surface area (Å²) in [5.74, 6) is -0.0532. The van der Waals surface area contributed by atoms with Crippen LogP contribution in [0, 0.1) is 12.7 Å². The van der Waals surface area contributed by atoms with Crippen molar-refractivity contribution in [1.29, 1.82) is 0 Å². The fourth-order valence-electron chi connectivity index (χ4n) is 4.61. The number of para-hydroxylation sites is 1. The average molecular weight is 488 g/mol. The Morgan fingerprint density at radius 1 is 1.08 bits per heavy atom. The molecule has 1 N–H and O–H groups in total. The summed E-state index contributed by atoms with van der Waals surface area (Å²) in [5.41, 5.74) is 4.08. The average Bonchev–Trinajstić information content (AvgIpc) is 3.44. The van der Waals surface area contributed by atoms with Crippen LogP contribution in [0.3, 0.4) is 0 Å². The first-order chi connectivity index (χ1) is 17.5. The van der Waals surface area contributed by atoms with Gasteiger partial charge in [-0.3, -0.25) is 4.79 Å². The van der Waals surface area contributed by atoms with E-state index in [0.29, 0.717) is 0 Å². The van der Waals surface area contributed by atoms with E-state index in [9.17, 15) is 14.0 Å². The van der Waals surface area contributed by atoms with Crippen LogP contribution in [-0.4, -0.2) is 44.4 Å². The van der Waals surface area contributed by atoms with E-state index in [0.717, 1.165) is 34.0 Å². The summed E-state index contributed by atoms with van der Waals surface area (Å²) in [6, 6.07) is 18.8. The number of rotatable bonds is 5. The topological polar surface area (TPSA) is 81.4 Å². The largest absolute Gasteiger partial charge is 0.465 e. The molecule has 0 spiro atoms. The number of hydrogen-bond donors (Lipinski definition) is 1. The number of hydrogen-bond acceptors (Lipinski definition) is 4. The number of aryl methyl sites for hydroxylation is 1. The molecule has 5 rings (SSSR count). The second kappa shape index (κ2) is 9.69. The number of carbonyl (C=O) groups is 2. The molecular weight excluding hydrogens is 461 g/mol. The lowest BCUT2D eigenvalue weighted by atomic mass is 10.0. The molecule has 2 aromatic carbocycles. The molecule has 9 heteroatoms. The third-order valence-corrected chi connectivity index (χ3v) is 6.22. The highest BCUT2D eigenvalue weighted by Crippen LogP contribution is 2.38. The van der Waals surface area contributed by atoms with Gasteiger partial charge in [0.25, 0.3) is 0 Å². The maximum Gasteiger partial charge on any atom is 0.325 e. The number of carbonyl (C=O) groups excluding carboxylic acids is 2. The van der Waals surface area contributed by atoms with Gasteiger partial charge in [-0.15, -0.1) is 0 Å². The molecule has 0 radical (unpaired) electrons. The van der Waals surface area contributed by atoms with Crippen molar-refractivity contribution in [1.82, 2.24) is 24.6 Å². The molecule has 8 nitrogen and oxygen atoms in total. The molecule has 0 saturated heterocycles. The lowest BCUT2D eigenvalue weighted by Crippen LogP contribution is -2.44. The van der Waals surface area contributed by atoms with E-state index < -0.39 is 18.0 Å². The van der Waals surface area contributed by atoms with Gasteiger partial charge in [-0.1, -0.05) is 30.3 Å². The van der Waals surface area contributed by atoms with Gasteiger partial charge in [0.1, 0.15) is 18.2 Å². The summed E-state index contributed by atoms with van der Waals surface area (Å²) < 4.78 is 22.7. The Morgan fingerprint density at radius 2 is 1.83 bits per heavy atom. The van der Waals surface area contributed by atoms with Crippen molar-refractivity contribution < 1.29 is 18.7 Å². The molecule has 184 valence electrons. The number of ether oxygens (including phenoxy) is 1. The Morgan fingerprint density at radius 3 is 2.56 bits per heavy atom. The van der Waals surface area contributed by atoms with Crippen LogP contribution in [0.5, 0.6) is 0 Å². The quantitative estimate of drug-likeness (QED) is 0.426. The number of esters is 1. The van der Waals surface area contributed by atoms with Crippen LogP contribution in [0.25, 0.3) is 11.5 Å². The van der Waals surface area contributed by atoms with Gasteiger partial charge in [-0.25, -0.2) is 13.9 Å². The molecule has 0 saturated carbocycles. The number of aromatic nitrogens is 3. The zero-order chi connectivity index (χ0) is 25.2. The van der Waals surface area contributed by atoms with Crippen LogP contribution in [0.4, 0.5) is 9.18 Å². The van der Waals surface area contributed by atoms with Crippen LogP contribution in [-0.2, 0) is 16.1 Å². The second-order valence-corrected chi connectivity index (χ2v) is 8.48. The minimum Gasteiger partial charge on any atom is -0.465 e. The molecule has 4 aromatic rings. The number of nitrogens with zero attached hydrogens (tertiary/aromatic N) is 4. The van der Waals surface area contributed by atoms with Gasteiger partial charge in [-0.2, -0.15) is 5.10 Å². The third kappa shape index (κ3) is 4.24. The normalized spacial score (nSPS) is 14.5. The number of nitrogens with one attached hydrogen (secondary N) is 1. The second-order valence-electron chi connectivity index (χ2n) is 8.48. The van der Waals surface area contributed by atoms with E-state index in [1.165, 1.54) is 12.1 Å². The molecule has 1 atom stereocenters. The van der Waals surface area contributed by atoms with Gasteiger partial charge in [0.2, 0.25) is 0 Å². The van der Waals surface area contributed by atoms with E-state index >= 15 is 0 Å². The summed E-state index contributed by atoms with van der Waals surface area (Å²) >= 11 is 0. The van der Waals surface area contributed by atoms with Crippen molar-refractivity contribution in [3.05, 3.63) is 101 Å². The van der Waals surface area contributed by atoms with Crippen molar-refractivity contribution in [2.75, 3.05) is 13.2 Å². The maximum absolute atomic E-state index is 13.8.